The Morgan fingerprint density at radius 1 is 1.00 bits per heavy atom. The number of nitrogens with one attached hydrogen (secondary N) is 1. The number of halogens is 1. The Hall–Kier alpha value is -3.97. The van der Waals surface area contributed by atoms with E-state index >= 15 is 0 Å². The van der Waals surface area contributed by atoms with Gasteiger partial charge in [0.2, 0.25) is 5.91 Å². The fourth-order valence-corrected chi connectivity index (χ4v) is 4.13. The molecule has 8 heteroatoms. The number of benzene rings is 2. The lowest BCUT2D eigenvalue weighted by molar-refractivity contribution is -0.389. The SMILES string of the molecule is CCCCC(=O)Nc1ccc(-c2ccc(-c3ccccc3Cl)n2Cc2cccc([N+](=O)[O-])n2)cc1. The van der Waals surface area contributed by atoms with Crippen molar-refractivity contribution in [2.75, 3.05) is 5.32 Å². The molecule has 0 aliphatic heterocycles. The number of hydrogen-bond acceptors (Lipinski definition) is 4. The van der Waals surface area contributed by atoms with Gasteiger partial charge in [0.1, 0.15) is 0 Å². The predicted octanol–water partition coefficient (Wildman–Crippen LogP) is 6.96. The fourth-order valence-electron chi connectivity index (χ4n) is 3.90. The Kier molecular flexibility index (Phi) is 7.57. The molecule has 1 amide bonds. The van der Waals surface area contributed by atoms with Crippen molar-refractivity contribution < 1.29 is 9.72 Å². The van der Waals surface area contributed by atoms with Crippen LogP contribution in [0.15, 0.2) is 78.9 Å². The third-order valence-corrected chi connectivity index (χ3v) is 5.98. The van der Waals surface area contributed by atoms with Gasteiger partial charge in [0.05, 0.1) is 12.2 Å². The quantitative estimate of drug-likeness (QED) is 0.204. The van der Waals surface area contributed by atoms with Crippen molar-refractivity contribution in [2.45, 2.75) is 32.7 Å². The van der Waals surface area contributed by atoms with E-state index in [1.54, 1.807) is 12.1 Å². The van der Waals surface area contributed by atoms with E-state index in [-0.39, 0.29) is 11.7 Å². The number of carbonyl (C=O) groups is 1. The maximum Gasteiger partial charge on any atom is 0.363 e. The van der Waals surface area contributed by atoms with E-state index in [4.69, 9.17) is 11.6 Å². The second kappa shape index (κ2) is 11.0. The number of pyridine rings is 1. The van der Waals surface area contributed by atoms with E-state index < -0.39 is 4.92 Å². The Balaban J connectivity index is 1.71. The maximum absolute atomic E-state index is 12.1. The second-order valence-electron chi connectivity index (χ2n) is 8.14. The molecule has 35 heavy (non-hydrogen) atoms. The van der Waals surface area contributed by atoms with Crippen LogP contribution in [0, 0.1) is 10.1 Å². The number of nitro groups is 1. The molecule has 0 saturated heterocycles. The Morgan fingerprint density at radius 2 is 1.74 bits per heavy atom. The highest BCUT2D eigenvalue weighted by atomic mass is 35.5. The van der Waals surface area contributed by atoms with Gasteiger partial charge in [-0.3, -0.25) is 4.79 Å². The summed E-state index contributed by atoms with van der Waals surface area (Å²) in [7, 11) is 0. The van der Waals surface area contributed by atoms with Crippen LogP contribution in [0.2, 0.25) is 5.02 Å². The maximum atomic E-state index is 12.1. The molecule has 0 bridgehead atoms. The van der Waals surface area contributed by atoms with Crippen LogP contribution in [0.25, 0.3) is 22.5 Å². The Bertz CT molecular complexity index is 1350. The van der Waals surface area contributed by atoms with Gasteiger partial charge in [-0.15, -0.1) is 0 Å². The van der Waals surface area contributed by atoms with Crippen LogP contribution in [-0.4, -0.2) is 20.4 Å². The Morgan fingerprint density at radius 3 is 2.46 bits per heavy atom. The Labute approximate surface area is 208 Å². The van der Waals surface area contributed by atoms with Gasteiger partial charge < -0.3 is 20.0 Å². The smallest absolute Gasteiger partial charge is 0.358 e. The lowest BCUT2D eigenvalue weighted by atomic mass is 10.1. The summed E-state index contributed by atoms with van der Waals surface area (Å²) in [5.41, 5.74) is 4.85. The molecule has 0 spiro atoms. The van der Waals surface area contributed by atoms with Crippen LogP contribution in [-0.2, 0) is 11.3 Å². The van der Waals surface area contributed by atoms with E-state index in [1.807, 2.05) is 65.2 Å². The number of rotatable bonds is 9. The zero-order valence-electron chi connectivity index (χ0n) is 19.3. The first-order chi connectivity index (χ1) is 17.0. The predicted molar refractivity (Wildman–Crippen MR) is 138 cm³/mol. The van der Waals surface area contributed by atoms with E-state index in [0.717, 1.165) is 41.0 Å². The highest BCUT2D eigenvalue weighted by Crippen LogP contribution is 2.34. The average molecular weight is 489 g/mol. The summed E-state index contributed by atoms with van der Waals surface area (Å²) in [4.78, 5) is 27.0. The molecule has 2 aromatic carbocycles. The molecule has 2 aromatic heterocycles. The number of aromatic nitrogens is 2. The number of nitrogens with zero attached hydrogens (tertiary/aromatic N) is 3. The van der Waals surface area contributed by atoms with E-state index in [9.17, 15) is 14.9 Å². The molecule has 0 unspecified atom stereocenters. The van der Waals surface area contributed by atoms with E-state index in [1.165, 1.54) is 6.07 Å². The molecule has 0 saturated carbocycles. The minimum atomic E-state index is -0.497. The molecule has 0 fully saturated rings. The number of anilines is 1. The van der Waals surface area contributed by atoms with Gasteiger partial charge in [-0.05, 0) is 64.4 Å². The molecule has 2 heterocycles. The molecule has 0 aliphatic rings. The van der Waals surface area contributed by atoms with Gasteiger partial charge in [0.25, 0.3) is 0 Å². The third-order valence-electron chi connectivity index (χ3n) is 5.65. The highest BCUT2D eigenvalue weighted by molar-refractivity contribution is 6.33. The lowest BCUT2D eigenvalue weighted by Gasteiger charge is -2.14. The summed E-state index contributed by atoms with van der Waals surface area (Å²) in [6, 6.07) is 23.9. The first-order valence-electron chi connectivity index (χ1n) is 11.4. The van der Waals surface area contributed by atoms with Gasteiger partial charge in [-0.1, -0.05) is 55.3 Å². The van der Waals surface area contributed by atoms with Crippen molar-refractivity contribution in [3.05, 3.63) is 99.7 Å². The molecule has 1 N–H and O–H groups in total. The summed E-state index contributed by atoms with van der Waals surface area (Å²) in [5.74, 6) is -0.195. The molecule has 178 valence electrons. The van der Waals surface area contributed by atoms with Crippen molar-refractivity contribution >= 4 is 29.0 Å². The van der Waals surface area contributed by atoms with Crippen molar-refractivity contribution in [1.29, 1.82) is 0 Å². The minimum absolute atomic E-state index is 0.000673. The molecule has 0 aliphatic carbocycles. The highest BCUT2D eigenvalue weighted by Gasteiger charge is 2.17. The van der Waals surface area contributed by atoms with Crippen molar-refractivity contribution in [3.63, 3.8) is 0 Å². The van der Waals surface area contributed by atoms with E-state index in [0.29, 0.717) is 23.7 Å². The van der Waals surface area contributed by atoms with Crippen LogP contribution in [0.3, 0.4) is 0 Å². The molecule has 4 rings (SSSR count). The average Bonchev–Trinajstić information content (AvgIpc) is 3.26. The zero-order valence-corrected chi connectivity index (χ0v) is 20.0. The third kappa shape index (κ3) is 5.75. The van der Waals surface area contributed by atoms with E-state index in [2.05, 4.69) is 17.2 Å². The molecule has 0 radical (unpaired) electrons. The fraction of sp³-hybridized carbons (Fsp3) is 0.185. The molecule has 0 atom stereocenters. The number of hydrogen-bond donors (Lipinski definition) is 1. The summed E-state index contributed by atoms with van der Waals surface area (Å²) in [6.45, 7) is 2.37. The topological polar surface area (TPSA) is 90.1 Å². The summed E-state index contributed by atoms with van der Waals surface area (Å²) >= 11 is 6.50. The normalized spacial score (nSPS) is 10.8. The number of amides is 1. The van der Waals surface area contributed by atoms with Gasteiger partial charge >= 0.3 is 5.82 Å². The standard InChI is InChI=1S/C27H25ClN4O3/c1-2-3-11-27(33)30-20-14-12-19(13-15-20)24-16-17-25(22-8-4-5-9-23(22)28)31(24)18-21-7-6-10-26(29-21)32(34)35/h4-10,12-17H,2-3,11,18H2,1H3,(H,30,33). The summed E-state index contributed by atoms with van der Waals surface area (Å²) in [5, 5.41) is 14.8. The largest absolute Gasteiger partial charge is 0.363 e. The first-order valence-corrected chi connectivity index (χ1v) is 11.8. The minimum Gasteiger partial charge on any atom is -0.358 e. The van der Waals surface area contributed by atoms with Gasteiger partial charge in [-0.25, -0.2) is 0 Å². The molecular formula is C27H25ClN4O3. The molecule has 4 aromatic rings. The van der Waals surface area contributed by atoms with Crippen LogP contribution in [0.1, 0.15) is 31.9 Å². The van der Waals surface area contributed by atoms with Crippen LogP contribution >= 0.6 is 11.6 Å². The van der Waals surface area contributed by atoms with Crippen LogP contribution < -0.4 is 5.32 Å². The number of carbonyl (C=O) groups excluding carboxylic acids is 1. The van der Waals surface area contributed by atoms with Crippen molar-refractivity contribution in [3.8, 4) is 22.5 Å². The van der Waals surface area contributed by atoms with Gasteiger partial charge in [0, 0.05) is 34.5 Å². The summed E-state index contributed by atoms with van der Waals surface area (Å²) < 4.78 is 2.04. The van der Waals surface area contributed by atoms with Gasteiger partial charge in [0.15, 0.2) is 5.69 Å². The zero-order chi connectivity index (χ0) is 24.8. The van der Waals surface area contributed by atoms with Gasteiger partial charge in [-0.2, -0.15) is 0 Å². The van der Waals surface area contributed by atoms with Crippen molar-refractivity contribution in [1.82, 2.24) is 9.55 Å². The monoisotopic (exact) mass is 488 g/mol. The molecular weight excluding hydrogens is 464 g/mol. The lowest BCUT2D eigenvalue weighted by Crippen LogP contribution is -2.10. The second-order valence-corrected chi connectivity index (χ2v) is 8.55. The number of unbranched alkanes of at least 4 members (excludes halogenated alkanes) is 1. The first kappa shape index (κ1) is 24.2. The van der Waals surface area contributed by atoms with Crippen LogP contribution in [0.5, 0.6) is 0 Å². The van der Waals surface area contributed by atoms with Crippen molar-refractivity contribution in [2.24, 2.45) is 0 Å². The molecule has 7 nitrogen and oxygen atoms in total. The summed E-state index contributed by atoms with van der Waals surface area (Å²) in [6.07, 6.45) is 2.32. The van der Waals surface area contributed by atoms with Crippen LogP contribution in [0.4, 0.5) is 11.5 Å².